The summed E-state index contributed by atoms with van der Waals surface area (Å²) in [6.07, 6.45) is 3.34. The van der Waals surface area contributed by atoms with Crippen molar-refractivity contribution in [1.82, 2.24) is 4.98 Å². The van der Waals surface area contributed by atoms with Crippen molar-refractivity contribution in [3.8, 4) is 0 Å². The quantitative estimate of drug-likeness (QED) is 0.0707. The maximum atomic E-state index is 11.5. The maximum absolute atomic E-state index is 11.5. The van der Waals surface area contributed by atoms with Gasteiger partial charge in [-0.15, -0.1) is 29.1 Å². The third-order valence-corrected chi connectivity index (χ3v) is 11.4. The van der Waals surface area contributed by atoms with Crippen LogP contribution in [0.15, 0.2) is 48.4 Å². The molecule has 5 rings (SSSR count). The first-order valence-corrected chi connectivity index (χ1v) is 16.9. The van der Waals surface area contributed by atoms with Crippen LogP contribution < -0.4 is 10.4 Å². The second-order valence-corrected chi connectivity index (χ2v) is 19.1. The van der Waals surface area contributed by atoms with Gasteiger partial charge in [-0.1, -0.05) is 110 Å². The first-order valence-electron chi connectivity index (χ1n) is 13.9. The summed E-state index contributed by atoms with van der Waals surface area (Å²) in [5.74, 6) is 0.104. The molecular formula is C35H44IrNO2Si-. The molecule has 0 bridgehead atoms. The van der Waals surface area contributed by atoms with Gasteiger partial charge in [0.05, 0.1) is 0 Å². The molecule has 1 aromatic heterocycles. The molecule has 1 aliphatic heterocycles. The SMILES string of the molecule is CC(C)(C)C(=O)/C=C(\O)C(C)(C)C.Cc1c[c-]c2c(c1)c1cc(C(C)(C)C)cc3c1c1c(ccnc21)[Si]3(C)C.[Ir]. The van der Waals surface area contributed by atoms with Crippen molar-refractivity contribution in [3.05, 3.63) is 65.6 Å². The van der Waals surface area contributed by atoms with Crippen LogP contribution in [0.4, 0.5) is 0 Å². The summed E-state index contributed by atoms with van der Waals surface area (Å²) in [5.41, 5.74) is 3.20. The van der Waals surface area contributed by atoms with E-state index in [2.05, 4.69) is 77.2 Å². The second kappa shape index (κ2) is 10.5. The number of allylic oxidation sites excluding steroid dienone is 2. The monoisotopic (exact) mass is 731 g/mol. The number of pyridine rings is 1. The molecule has 4 aromatic rings. The largest absolute Gasteiger partial charge is 0.512 e. The molecule has 215 valence electrons. The summed E-state index contributed by atoms with van der Waals surface area (Å²) in [6, 6.07) is 15.2. The van der Waals surface area contributed by atoms with E-state index in [1.807, 2.05) is 47.7 Å². The molecule has 0 unspecified atom stereocenters. The van der Waals surface area contributed by atoms with Gasteiger partial charge in [-0.2, -0.15) is 0 Å². The Bertz CT molecular complexity index is 1660. The van der Waals surface area contributed by atoms with Crippen LogP contribution in [0.25, 0.3) is 32.4 Å². The van der Waals surface area contributed by atoms with E-state index < -0.39 is 13.5 Å². The van der Waals surface area contributed by atoms with E-state index in [1.165, 1.54) is 49.3 Å². The number of hydrogen-bond donors (Lipinski definition) is 1. The predicted octanol–water partition coefficient (Wildman–Crippen LogP) is 8.17. The van der Waals surface area contributed by atoms with Gasteiger partial charge in [0.1, 0.15) is 13.8 Å². The van der Waals surface area contributed by atoms with Gasteiger partial charge in [-0.25, -0.2) is 0 Å². The van der Waals surface area contributed by atoms with Crippen molar-refractivity contribution in [2.45, 2.75) is 87.7 Å². The summed E-state index contributed by atoms with van der Waals surface area (Å²) < 4.78 is 0. The molecular weight excluding hydrogens is 687 g/mol. The van der Waals surface area contributed by atoms with Crippen molar-refractivity contribution >= 4 is 56.7 Å². The van der Waals surface area contributed by atoms with E-state index in [9.17, 15) is 9.90 Å². The van der Waals surface area contributed by atoms with Crippen molar-refractivity contribution in [1.29, 1.82) is 0 Å². The molecule has 2 heterocycles. The Balaban J connectivity index is 0.000000272. The second-order valence-electron chi connectivity index (χ2n) is 14.8. The number of hydrogen-bond acceptors (Lipinski definition) is 3. The van der Waals surface area contributed by atoms with Crippen LogP contribution in [0, 0.1) is 23.8 Å². The molecule has 0 aliphatic carbocycles. The van der Waals surface area contributed by atoms with Gasteiger partial charge in [-0.05, 0) is 38.5 Å². The standard InChI is InChI=1S/C24H24NSi.C11H20O2.Ir/c1-14-7-8-16-17(11-14)18-12-15(24(2,3)4)13-20-21(18)22-19(26(20,5)6)9-10-25-23(16)22;1-10(2,3)8(12)7-9(13)11(4,5)6;/h7,9-13H,1-6H3;7,12H,1-6H3;/q-1;;/b;8-7-;. The Morgan fingerprint density at radius 3 is 2.08 bits per heavy atom. The molecule has 0 saturated carbocycles. The zero-order chi connectivity index (χ0) is 29.3. The average molecular weight is 731 g/mol. The number of aromatic nitrogens is 1. The van der Waals surface area contributed by atoms with Crippen LogP contribution in [-0.2, 0) is 30.3 Å². The van der Waals surface area contributed by atoms with Crippen LogP contribution in [0.1, 0.15) is 73.4 Å². The van der Waals surface area contributed by atoms with E-state index in [0.29, 0.717) is 0 Å². The topological polar surface area (TPSA) is 50.2 Å². The number of carbonyl (C=O) groups excluding carboxylic acids is 1. The summed E-state index contributed by atoms with van der Waals surface area (Å²) in [5, 5.41) is 19.4. The molecule has 3 nitrogen and oxygen atoms in total. The molecule has 0 saturated heterocycles. The Labute approximate surface area is 254 Å². The fourth-order valence-corrected chi connectivity index (χ4v) is 8.24. The minimum absolute atomic E-state index is 0. The molecule has 40 heavy (non-hydrogen) atoms. The average Bonchev–Trinajstić information content (AvgIpc) is 3.04. The number of aliphatic hydroxyl groups excluding tert-OH is 1. The normalized spacial score (nSPS) is 14.8. The first-order chi connectivity index (χ1) is 17.7. The number of aliphatic hydroxyl groups is 1. The van der Waals surface area contributed by atoms with Gasteiger partial charge in [0, 0.05) is 43.2 Å². The number of carbonyl (C=O) groups is 1. The smallest absolute Gasteiger partial charge is 0.164 e. The fraction of sp³-hybridized carbons (Fsp3) is 0.429. The molecule has 0 fully saturated rings. The number of rotatable bonds is 1. The Hall–Kier alpha value is -2.33. The minimum atomic E-state index is -1.72. The van der Waals surface area contributed by atoms with E-state index in [4.69, 9.17) is 4.98 Å². The van der Waals surface area contributed by atoms with Crippen LogP contribution >= 0.6 is 0 Å². The van der Waals surface area contributed by atoms with E-state index in [0.717, 1.165) is 5.52 Å². The molecule has 0 amide bonds. The molecule has 5 heteroatoms. The van der Waals surface area contributed by atoms with Crippen LogP contribution in [0.2, 0.25) is 13.1 Å². The molecule has 1 N–H and O–H groups in total. The third kappa shape index (κ3) is 5.71. The van der Waals surface area contributed by atoms with Gasteiger partial charge in [0.25, 0.3) is 0 Å². The van der Waals surface area contributed by atoms with Crippen LogP contribution in [0.3, 0.4) is 0 Å². The Morgan fingerprint density at radius 1 is 0.900 bits per heavy atom. The van der Waals surface area contributed by atoms with Crippen molar-refractivity contribution in [2.75, 3.05) is 0 Å². The maximum Gasteiger partial charge on any atom is 0.164 e. The number of aryl methyl sites for hydroxylation is 1. The molecule has 3 aromatic carbocycles. The van der Waals surface area contributed by atoms with Gasteiger partial charge >= 0.3 is 0 Å². The number of nitrogens with zero attached hydrogens (tertiary/aromatic N) is 1. The summed E-state index contributed by atoms with van der Waals surface area (Å²) in [6.45, 7) is 25.2. The summed E-state index contributed by atoms with van der Waals surface area (Å²) in [7, 11) is -1.72. The van der Waals surface area contributed by atoms with Crippen molar-refractivity contribution in [2.24, 2.45) is 10.8 Å². The van der Waals surface area contributed by atoms with E-state index in [1.54, 1.807) is 5.19 Å². The van der Waals surface area contributed by atoms with Gasteiger partial charge < -0.3 is 10.1 Å². The van der Waals surface area contributed by atoms with Gasteiger partial charge in [-0.3, -0.25) is 4.79 Å². The molecule has 0 spiro atoms. The van der Waals surface area contributed by atoms with Crippen molar-refractivity contribution in [3.63, 3.8) is 0 Å². The minimum Gasteiger partial charge on any atom is -0.512 e. The fourth-order valence-electron chi connectivity index (χ4n) is 5.19. The third-order valence-electron chi connectivity index (χ3n) is 7.94. The van der Waals surface area contributed by atoms with Crippen molar-refractivity contribution < 1.29 is 30.0 Å². The first kappa shape index (κ1) is 32.2. The zero-order valence-corrected chi connectivity index (χ0v) is 29.6. The molecule has 1 radical (unpaired) electrons. The predicted molar refractivity (Wildman–Crippen MR) is 170 cm³/mol. The summed E-state index contributed by atoms with van der Waals surface area (Å²) in [4.78, 5) is 16.3. The van der Waals surface area contributed by atoms with Crippen LogP contribution in [0.5, 0.6) is 0 Å². The summed E-state index contributed by atoms with van der Waals surface area (Å²) >= 11 is 0. The van der Waals surface area contributed by atoms with Gasteiger partial charge in [0.15, 0.2) is 5.78 Å². The van der Waals surface area contributed by atoms with Gasteiger partial charge in [0.2, 0.25) is 0 Å². The number of ketones is 1. The van der Waals surface area contributed by atoms with E-state index in [-0.39, 0.29) is 42.5 Å². The van der Waals surface area contributed by atoms with Crippen LogP contribution in [-0.4, -0.2) is 23.9 Å². The Morgan fingerprint density at radius 2 is 1.52 bits per heavy atom. The molecule has 0 atom stereocenters. The number of fused-ring (bicyclic) bond motifs is 3. The Kier molecular flexibility index (Phi) is 8.44. The van der Waals surface area contributed by atoms with E-state index >= 15 is 0 Å². The molecule has 1 aliphatic rings. The number of benzene rings is 3. The zero-order valence-electron chi connectivity index (χ0n) is 26.2.